The first-order valence-electron chi connectivity index (χ1n) is 5.61. The lowest BCUT2D eigenvalue weighted by molar-refractivity contribution is 0.125. The van der Waals surface area contributed by atoms with Gasteiger partial charge in [-0.15, -0.1) is 0 Å². The zero-order valence-electron chi connectivity index (χ0n) is 11.0. The summed E-state index contributed by atoms with van der Waals surface area (Å²) >= 11 is 0. The average molecular weight is 224 g/mol. The summed E-state index contributed by atoms with van der Waals surface area (Å²) in [6, 6.07) is 0. The quantitative estimate of drug-likeness (QED) is 0.689. The lowest BCUT2D eigenvalue weighted by Gasteiger charge is -2.09. The summed E-state index contributed by atoms with van der Waals surface area (Å²) in [7, 11) is 3.80. The normalized spacial score (nSPS) is 19.1. The maximum absolute atomic E-state index is 5.15. The van der Waals surface area contributed by atoms with E-state index < -0.39 is 0 Å². The molecule has 0 saturated carbocycles. The number of nitrogens with zero attached hydrogens (tertiary/aromatic N) is 2. The van der Waals surface area contributed by atoms with Gasteiger partial charge in [-0.05, 0) is 32.3 Å². The molecule has 92 valence electrons. The number of ether oxygens (including phenoxy) is 1. The van der Waals surface area contributed by atoms with Crippen LogP contribution in [-0.2, 0) is 4.74 Å². The van der Waals surface area contributed by atoms with Crippen molar-refractivity contribution in [2.45, 2.75) is 32.8 Å². The molecule has 1 saturated heterocycles. The summed E-state index contributed by atoms with van der Waals surface area (Å²) < 4.78 is 5.15. The highest BCUT2D eigenvalue weighted by molar-refractivity contribution is 5.77. The molecule has 0 aromatic carbocycles. The molecule has 1 unspecified atom stereocenters. The average Bonchev–Trinajstić information content (AvgIpc) is 2.66. The minimum atomic E-state index is 0.546. The predicted octanol–water partition coefficient (Wildman–Crippen LogP) is 2.85. The monoisotopic (exact) mass is 224 g/mol. The van der Waals surface area contributed by atoms with Gasteiger partial charge in [0.2, 0.25) is 0 Å². The van der Waals surface area contributed by atoms with E-state index in [9.17, 15) is 0 Å². The molecule has 16 heavy (non-hydrogen) atoms. The van der Waals surface area contributed by atoms with E-state index in [0.717, 1.165) is 18.0 Å². The topological polar surface area (TPSA) is 24.8 Å². The largest absolute Gasteiger partial charge is 0.379 e. The van der Waals surface area contributed by atoms with E-state index >= 15 is 0 Å². The summed E-state index contributed by atoms with van der Waals surface area (Å²) in [4.78, 5) is 5.88. The Morgan fingerprint density at radius 3 is 2.31 bits per heavy atom. The standard InChI is InChI=1S/C8H14N2.C5H10O/c1-7(2)6-9-8(3)10(4)5;1-5-3-2-4-6-5/h6H,1,3H2,2,4-5H3;5H,2-4H2,1H3/b9-6-;. The molecule has 1 heterocycles. The maximum atomic E-state index is 5.15. The molecule has 1 fully saturated rings. The van der Waals surface area contributed by atoms with Gasteiger partial charge in [-0.25, -0.2) is 4.99 Å². The molecule has 1 rings (SSSR count). The fraction of sp³-hybridized carbons (Fsp3) is 0.615. The summed E-state index contributed by atoms with van der Waals surface area (Å²) in [5.74, 6) is 0.739. The third-order valence-electron chi connectivity index (χ3n) is 2.11. The molecular weight excluding hydrogens is 200 g/mol. The van der Waals surface area contributed by atoms with E-state index in [0.29, 0.717) is 6.10 Å². The van der Waals surface area contributed by atoms with Crippen LogP contribution in [0, 0.1) is 0 Å². The number of hydrogen-bond donors (Lipinski definition) is 0. The molecule has 0 aromatic heterocycles. The lowest BCUT2D eigenvalue weighted by atomic mass is 10.3. The van der Waals surface area contributed by atoms with Crippen molar-refractivity contribution in [2.75, 3.05) is 20.7 Å². The molecule has 1 atom stereocenters. The Labute approximate surface area is 99.5 Å². The second-order valence-corrected chi connectivity index (χ2v) is 4.24. The van der Waals surface area contributed by atoms with E-state index in [4.69, 9.17) is 4.74 Å². The maximum Gasteiger partial charge on any atom is 0.120 e. The molecule has 0 amide bonds. The number of hydrogen-bond acceptors (Lipinski definition) is 3. The highest BCUT2D eigenvalue weighted by Crippen LogP contribution is 2.09. The first-order valence-corrected chi connectivity index (χ1v) is 5.61. The molecule has 1 aliphatic heterocycles. The predicted molar refractivity (Wildman–Crippen MR) is 70.8 cm³/mol. The van der Waals surface area contributed by atoms with E-state index in [1.165, 1.54) is 12.8 Å². The summed E-state index contributed by atoms with van der Waals surface area (Å²) in [5.41, 5.74) is 0.933. The van der Waals surface area contributed by atoms with Crippen molar-refractivity contribution in [3.63, 3.8) is 0 Å². The lowest BCUT2D eigenvalue weighted by Crippen LogP contribution is -2.07. The molecule has 3 heteroatoms. The van der Waals surface area contributed by atoms with Crippen molar-refractivity contribution in [3.8, 4) is 0 Å². The molecule has 0 spiro atoms. The molecule has 0 aliphatic carbocycles. The van der Waals surface area contributed by atoms with Gasteiger partial charge in [0.05, 0.1) is 6.10 Å². The van der Waals surface area contributed by atoms with Gasteiger partial charge in [-0.1, -0.05) is 13.2 Å². The Bertz CT molecular complexity index is 251. The van der Waals surface area contributed by atoms with E-state index in [-0.39, 0.29) is 0 Å². The highest BCUT2D eigenvalue weighted by Gasteiger charge is 2.07. The van der Waals surface area contributed by atoms with Crippen LogP contribution < -0.4 is 0 Å². The number of aliphatic imine (C=N–C) groups is 1. The third kappa shape index (κ3) is 8.24. The van der Waals surface area contributed by atoms with E-state index in [1.54, 1.807) is 6.21 Å². The van der Waals surface area contributed by atoms with Gasteiger partial charge in [-0.2, -0.15) is 0 Å². The van der Waals surface area contributed by atoms with Gasteiger partial charge < -0.3 is 9.64 Å². The van der Waals surface area contributed by atoms with Crippen molar-refractivity contribution in [3.05, 3.63) is 24.6 Å². The van der Waals surface area contributed by atoms with Crippen LogP contribution in [0.15, 0.2) is 29.5 Å². The minimum absolute atomic E-state index is 0.546. The Kier molecular flexibility index (Phi) is 7.56. The summed E-state index contributed by atoms with van der Waals surface area (Å²) in [6.45, 7) is 12.4. The highest BCUT2D eigenvalue weighted by atomic mass is 16.5. The van der Waals surface area contributed by atoms with Crippen LogP contribution in [0.2, 0.25) is 0 Å². The van der Waals surface area contributed by atoms with Crippen LogP contribution >= 0.6 is 0 Å². The molecule has 1 aliphatic rings. The van der Waals surface area contributed by atoms with Crippen molar-refractivity contribution in [1.82, 2.24) is 4.90 Å². The van der Waals surface area contributed by atoms with Crippen LogP contribution in [0.25, 0.3) is 0 Å². The fourth-order valence-corrected chi connectivity index (χ4v) is 1.04. The molecule has 0 bridgehead atoms. The molecule has 0 radical (unpaired) electrons. The van der Waals surface area contributed by atoms with Gasteiger partial charge >= 0.3 is 0 Å². The van der Waals surface area contributed by atoms with Gasteiger partial charge in [0.25, 0.3) is 0 Å². The van der Waals surface area contributed by atoms with Crippen LogP contribution in [0.1, 0.15) is 26.7 Å². The zero-order chi connectivity index (χ0) is 12.6. The molecule has 0 N–H and O–H groups in total. The zero-order valence-corrected chi connectivity index (χ0v) is 11.0. The van der Waals surface area contributed by atoms with E-state index in [1.807, 2.05) is 25.9 Å². The van der Waals surface area contributed by atoms with Crippen LogP contribution in [0.5, 0.6) is 0 Å². The van der Waals surface area contributed by atoms with Crippen molar-refractivity contribution < 1.29 is 4.74 Å². The summed E-state index contributed by atoms with van der Waals surface area (Å²) in [6.07, 6.45) is 4.77. The number of allylic oxidation sites excluding steroid dienone is 1. The minimum Gasteiger partial charge on any atom is -0.379 e. The smallest absolute Gasteiger partial charge is 0.120 e. The van der Waals surface area contributed by atoms with Gasteiger partial charge in [0.1, 0.15) is 5.82 Å². The third-order valence-corrected chi connectivity index (χ3v) is 2.11. The first kappa shape index (κ1) is 14.9. The summed E-state index contributed by atoms with van der Waals surface area (Å²) in [5, 5.41) is 0. The Hall–Kier alpha value is -1.09. The fourth-order valence-electron chi connectivity index (χ4n) is 1.04. The molecule has 3 nitrogen and oxygen atoms in total. The first-order chi connectivity index (χ1) is 7.43. The Balaban J connectivity index is 0.000000315. The molecule has 0 aromatic rings. The van der Waals surface area contributed by atoms with Crippen molar-refractivity contribution in [1.29, 1.82) is 0 Å². The van der Waals surface area contributed by atoms with Crippen LogP contribution in [-0.4, -0.2) is 37.9 Å². The van der Waals surface area contributed by atoms with Gasteiger partial charge in [0.15, 0.2) is 0 Å². The van der Waals surface area contributed by atoms with Gasteiger partial charge in [-0.3, -0.25) is 0 Å². The van der Waals surface area contributed by atoms with Crippen LogP contribution in [0.3, 0.4) is 0 Å². The second-order valence-electron chi connectivity index (χ2n) is 4.24. The Morgan fingerprint density at radius 1 is 1.44 bits per heavy atom. The molecular formula is C13H24N2O. The van der Waals surface area contributed by atoms with Gasteiger partial charge in [0, 0.05) is 26.9 Å². The number of rotatable bonds is 3. The second kappa shape index (κ2) is 8.11. The van der Waals surface area contributed by atoms with Crippen molar-refractivity contribution >= 4 is 6.21 Å². The van der Waals surface area contributed by atoms with Crippen LogP contribution in [0.4, 0.5) is 0 Å². The Morgan fingerprint density at radius 2 is 2.06 bits per heavy atom. The SMILES string of the molecule is C=C(C)/C=N\C(=C)N(C)C.CC1CCCO1. The van der Waals surface area contributed by atoms with Crippen molar-refractivity contribution in [2.24, 2.45) is 4.99 Å². The van der Waals surface area contributed by atoms with E-state index in [2.05, 4.69) is 25.1 Å².